The van der Waals surface area contributed by atoms with Crippen molar-refractivity contribution in [2.24, 2.45) is 0 Å². The Morgan fingerprint density at radius 1 is 1.20 bits per heavy atom. The Hall–Kier alpha value is -0.461. The van der Waals surface area contributed by atoms with Crippen molar-refractivity contribution >= 4 is 19.4 Å². The van der Waals surface area contributed by atoms with E-state index in [9.17, 15) is 0 Å². The van der Waals surface area contributed by atoms with E-state index in [4.69, 9.17) is 4.74 Å². The zero-order valence-electron chi connectivity index (χ0n) is 6.13. The zero-order chi connectivity index (χ0) is 7.40. The monoisotopic (exact) mass is 202 g/mol. The summed E-state index contributed by atoms with van der Waals surface area (Å²) in [6.07, 6.45) is 0. The van der Waals surface area contributed by atoms with Crippen LogP contribution in [0.4, 0.5) is 0 Å². The van der Waals surface area contributed by atoms with Crippen LogP contribution in [-0.4, -0.2) is 22.1 Å². The molecule has 0 spiro atoms. The van der Waals surface area contributed by atoms with Crippen LogP contribution in [-0.2, 0) is 0 Å². The van der Waals surface area contributed by atoms with Crippen molar-refractivity contribution in [3.05, 3.63) is 24.3 Å². The average Bonchev–Trinajstić information content (AvgIpc) is 2.05. The van der Waals surface area contributed by atoms with Crippen molar-refractivity contribution in [2.45, 2.75) is 5.82 Å². The first-order valence-electron chi connectivity index (χ1n) is 3.05. The van der Waals surface area contributed by atoms with E-state index < -0.39 is 0 Å². The standard InChI is InChI=1S/C8H10OSe/c1-9-7-3-5-8(10-2)6-4-7/h3-6H,1-2H3. The summed E-state index contributed by atoms with van der Waals surface area (Å²) in [5.74, 6) is 3.14. The molecule has 1 nitrogen and oxygen atoms in total. The first-order chi connectivity index (χ1) is 4.86. The van der Waals surface area contributed by atoms with Crippen LogP contribution in [0.5, 0.6) is 5.75 Å². The van der Waals surface area contributed by atoms with Gasteiger partial charge in [-0.3, -0.25) is 0 Å². The summed E-state index contributed by atoms with van der Waals surface area (Å²) in [7, 11) is 1.69. The third-order valence-corrected chi connectivity index (χ3v) is 2.86. The molecule has 1 aromatic carbocycles. The molecule has 10 heavy (non-hydrogen) atoms. The van der Waals surface area contributed by atoms with Crippen molar-refractivity contribution in [3.63, 3.8) is 0 Å². The maximum atomic E-state index is 5.02. The Morgan fingerprint density at radius 3 is 2.20 bits per heavy atom. The van der Waals surface area contributed by atoms with Crippen molar-refractivity contribution in [1.29, 1.82) is 0 Å². The van der Waals surface area contributed by atoms with Gasteiger partial charge in [-0.1, -0.05) is 0 Å². The van der Waals surface area contributed by atoms with Crippen LogP contribution in [0.2, 0.25) is 5.82 Å². The second kappa shape index (κ2) is 3.65. The number of hydrogen-bond acceptors (Lipinski definition) is 1. The van der Waals surface area contributed by atoms with Crippen LogP contribution >= 0.6 is 0 Å². The Kier molecular flexibility index (Phi) is 2.79. The van der Waals surface area contributed by atoms with Crippen LogP contribution < -0.4 is 9.20 Å². The van der Waals surface area contributed by atoms with Crippen LogP contribution in [0.25, 0.3) is 0 Å². The van der Waals surface area contributed by atoms with Gasteiger partial charge in [0.2, 0.25) is 0 Å². The van der Waals surface area contributed by atoms with Crippen LogP contribution in [0.3, 0.4) is 0 Å². The molecule has 0 radical (unpaired) electrons. The fourth-order valence-electron chi connectivity index (χ4n) is 0.712. The normalized spacial score (nSPS) is 9.40. The number of rotatable bonds is 2. The summed E-state index contributed by atoms with van der Waals surface area (Å²) < 4.78 is 6.43. The van der Waals surface area contributed by atoms with Crippen LogP contribution in [0.15, 0.2) is 24.3 Å². The zero-order valence-corrected chi connectivity index (χ0v) is 7.84. The van der Waals surface area contributed by atoms with Crippen molar-refractivity contribution in [3.8, 4) is 5.75 Å². The molecule has 0 unspecified atom stereocenters. The molecule has 0 saturated heterocycles. The van der Waals surface area contributed by atoms with E-state index in [-0.39, 0.29) is 0 Å². The van der Waals surface area contributed by atoms with Gasteiger partial charge in [-0.05, 0) is 0 Å². The Morgan fingerprint density at radius 2 is 1.80 bits per heavy atom. The molecular weight excluding hydrogens is 191 g/mol. The van der Waals surface area contributed by atoms with E-state index in [2.05, 4.69) is 18.0 Å². The van der Waals surface area contributed by atoms with Crippen LogP contribution in [0.1, 0.15) is 0 Å². The van der Waals surface area contributed by atoms with Gasteiger partial charge < -0.3 is 0 Å². The first kappa shape index (κ1) is 7.64. The summed E-state index contributed by atoms with van der Waals surface area (Å²) in [5, 5.41) is 0. The summed E-state index contributed by atoms with van der Waals surface area (Å²) in [5.41, 5.74) is 0. The molecule has 0 amide bonds. The van der Waals surface area contributed by atoms with E-state index in [1.165, 1.54) is 4.46 Å². The topological polar surface area (TPSA) is 9.23 Å². The molecule has 0 heterocycles. The van der Waals surface area contributed by atoms with Gasteiger partial charge in [0, 0.05) is 0 Å². The van der Waals surface area contributed by atoms with Crippen molar-refractivity contribution in [1.82, 2.24) is 0 Å². The Labute approximate surface area is 67.6 Å². The molecule has 0 aromatic heterocycles. The SMILES string of the molecule is COc1ccc([Se]C)cc1. The van der Waals surface area contributed by atoms with E-state index in [0.29, 0.717) is 15.0 Å². The molecule has 2 heteroatoms. The molecule has 0 aliphatic heterocycles. The predicted octanol–water partition coefficient (Wildman–Crippen LogP) is 1.07. The van der Waals surface area contributed by atoms with E-state index in [1.807, 2.05) is 12.1 Å². The number of ether oxygens (including phenoxy) is 1. The third-order valence-electron chi connectivity index (χ3n) is 1.30. The van der Waals surface area contributed by atoms with E-state index in [1.54, 1.807) is 7.11 Å². The summed E-state index contributed by atoms with van der Waals surface area (Å²) in [4.78, 5) is 0. The first-order valence-corrected chi connectivity index (χ1v) is 5.62. The molecule has 54 valence electrons. The second-order valence-corrected chi connectivity index (χ2v) is 3.73. The summed E-state index contributed by atoms with van der Waals surface area (Å²) in [6, 6.07) is 8.22. The number of hydrogen-bond donors (Lipinski definition) is 0. The van der Waals surface area contributed by atoms with Gasteiger partial charge >= 0.3 is 67.1 Å². The van der Waals surface area contributed by atoms with E-state index in [0.717, 1.165) is 5.75 Å². The predicted molar refractivity (Wildman–Crippen MR) is 44.2 cm³/mol. The molecule has 0 bridgehead atoms. The molecule has 0 N–H and O–H groups in total. The Bertz CT molecular complexity index is 170. The van der Waals surface area contributed by atoms with Crippen molar-refractivity contribution in [2.75, 3.05) is 7.11 Å². The van der Waals surface area contributed by atoms with Crippen LogP contribution in [0, 0.1) is 0 Å². The van der Waals surface area contributed by atoms with Crippen molar-refractivity contribution < 1.29 is 4.74 Å². The molecule has 0 aliphatic carbocycles. The molecule has 0 atom stereocenters. The molecule has 1 aromatic rings. The van der Waals surface area contributed by atoms with Gasteiger partial charge in [-0.15, -0.1) is 0 Å². The second-order valence-electron chi connectivity index (χ2n) is 1.88. The van der Waals surface area contributed by atoms with Gasteiger partial charge in [0.25, 0.3) is 0 Å². The minimum atomic E-state index is 0.603. The van der Waals surface area contributed by atoms with Gasteiger partial charge in [-0.25, -0.2) is 0 Å². The molecule has 0 aliphatic rings. The minimum absolute atomic E-state index is 0.603. The number of methoxy groups -OCH3 is 1. The molecule has 1 rings (SSSR count). The van der Waals surface area contributed by atoms with Gasteiger partial charge in [0.15, 0.2) is 0 Å². The molecule has 0 saturated carbocycles. The molecule has 0 fully saturated rings. The third kappa shape index (κ3) is 1.76. The summed E-state index contributed by atoms with van der Waals surface area (Å²) >= 11 is 0.603. The quantitative estimate of drug-likeness (QED) is 0.650. The van der Waals surface area contributed by atoms with Gasteiger partial charge in [0.05, 0.1) is 0 Å². The van der Waals surface area contributed by atoms with E-state index >= 15 is 0 Å². The van der Waals surface area contributed by atoms with Gasteiger partial charge in [-0.2, -0.15) is 0 Å². The molecular formula is C8H10OSe. The summed E-state index contributed by atoms with van der Waals surface area (Å²) in [6.45, 7) is 0. The average molecular weight is 201 g/mol. The number of benzene rings is 1. The maximum absolute atomic E-state index is 5.02. The Balaban J connectivity index is 2.80. The fourth-order valence-corrected chi connectivity index (χ4v) is 1.57. The van der Waals surface area contributed by atoms with Gasteiger partial charge in [0.1, 0.15) is 0 Å². The fraction of sp³-hybridized carbons (Fsp3) is 0.250.